The number of carboxylic acid groups (broad SMARTS) is 1. The lowest BCUT2D eigenvalue weighted by Crippen LogP contribution is -2.51. The average molecular weight is 449 g/mol. The van der Waals surface area contributed by atoms with Gasteiger partial charge in [-0.2, -0.15) is 0 Å². The number of carbonyl (C=O) groups excluding carboxylic acids is 2. The van der Waals surface area contributed by atoms with Crippen LogP contribution in [0.15, 0.2) is 59.1 Å². The molecule has 1 unspecified atom stereocenters. The molecule has 0 fully saturated rings. The molecule has 2 aromatic carbocycles. The normalized spacial score (nSPS) is 14.0. The summed E-state index contributed by atoms with van der Waals surface area (Å²) in [7, 11) is 0. The molecule has 9 nitrogen and oxygen atoms in total. The number of aromatic nitrogens is 1. The number of hydrogen-bond donors (Lipinski definition) is 3. The summed E-state index contributed by atoms with van der Waals surface area (Å²) >= 11 is 0. The molecule has 33 heavy (non-hydrogen) atoms. The Bertz CT molecular complexity index is 1170. The zero-order valence-electron chi connectivity index (χ0n) is 18.1. The van der Waals surface area contributed by atoms with Gasteiger partial charge in [0.15, 0.2) is 5.69 Å². The van der Waals surface area contributed by atoms with E-state index in [1.807, 2.05) is 48.5 Å². The molecule has 1 aliphatic carbocycles. The molecule has 0 saturated carbocycles. The van der Waals surface area contributed by atoms with Crippen molar-refractivity contribution in [3.8, 4) is 11.1 Å². The Balaban J connectivity index is 1.38. The van der Waals surface area contributed by atoms with Crippen molar-refractivity contribution in [3.05, 3.63) is 71.4 Å². The number of nitrogens with one attached hydrogen (secondary N) is 2. The zero-order valence-corrected chi connectivity index (χ0v) is 18.1. The maximum Gasteiger partial charge on any atom is 0.414 e. The van der Waals surface area contributed by atoms with Crippen molar-refractivity contribution < 1.29 is 28.8 Å². The van der Waals surface area contributed by atoms with Gasteiger partial charge in [-0.15, -0.1) is 0 Å². The summed E-state index contributed by atoms with van der Waals surface area (Å²) in [5.74, 6) is -2.09. The first-order valence-corrected chi connectivity index (χ1v) is 10.5. The second-order valence-corrected chi connectivity index (χ2v) is 7.97. The fourth-order valence-corrected chi connectivity index (χ4v) is 3.78. The quantitative estimate of drug-likeness (QED) is 0.496. The van der Waals surface area contributed by atoms with E-state index in [9.17, 15) is 19.5 Å². The number of ether oxygens (including phenoxy) is 1. The number of amides is 2. The Kier molecular flexibility index (Phi) is 5.87. The van der Waals surface area contributed by atoms with Gasteiger partial charge in [-0.1, -0.05) is 60.6 Å². The number of carboxylic acids is 1. The van der Waals surface area contributed by atoms with Gasteiger partial charge in [-0.25, -0.2) is 9.59 Å². The molecule has 4 rings (SSSR count). The molecule has 9 heteroatoms. The molecular weight excluding hydrogens is 426 g/mol. The molecule has 1 atom stereocenters. The second kappa shape index (κ2) is 8.78. The topological polar surface area (TPSA) is 131 Å². The lowest BCUT2D eigenvalue weighted by molar-refractivity contribution is -0.143. The monoisotopic (exact) mass is 449 g/mol. The maximum atomic E-state index is 12.3. The van der Waals surface area contributed by atoms with Crippen molar-refractivity contribution in [3.63, 3.8) is 0 Å². The minimum Gasteiger partial charge on any atom is -0.480 e. The first kappa shape index (κ1) is 22.1. The van der Waals surface area contributed by atoms with Gasteiger partial charge in [-0.05, 0) is 35.6 Å². The van der Waals surface area contributed by atoms with Gasteiger partial charge in [-0.3, -0.25) is 10.1 Å². The Hall–Kier alpha value is -4.14. The van der Waals surface area contributed by atoms with E-state index < -0.39 is 23.5 Å². The highest BCUT2D eigenvalue weighted by Crippen LogP contribution is 2.44. The maximum absolute atomic E-state index is 12.3. The van der Waals surface area contributed by atoms with Crippen LogP contribution < -0.4 is 10.6 Å². The number of hydrogen-bond acceptors (Lipinski definition) is 6. The fourth-order valence-electron chi connectivity index (χ4n) is 3.78. The zero-order chi connectivity index (χ0) is 23.6. The number of nitrogens with zero attached hydrogens (tertiary/aromatic N) is 1. The van der Waals surface area contributed by atoms with Crippen LogP contribution in [0.25, 0.3) is 11.1 Å². The summed E-state index contributed by atoms with van der Waals surface area (Å²) in [6.07, 6.45) is -0.583. The highest BCUT2D eigenvalue weighted by atomic mass is 16.6. The Labute approximate surface area is 189 Å². The SMILES string of the molecule is CCC(C)(NC(=O)c1cc(NC(=O)OCC2c3ccccc3-c3ccccc32)on1)C(=O)O. The van der Waals surface area contributed by atoms with Crippen molar-refractivity contribution >= 4 is 23.9 Å². The van der Waals surface area contributed by atoms with Crippen LogP contribution in [0.4, 0.5) is 10.7 Å². The number of carbonyl (C=O) groups is 3. The highest BCUT2D eigenvalue weighted by molar-refractivity contribution is 5.97. The van der Waals surface area contributed by atoms with E-state index in [4.69, 9.17) is 9.26 Å². The third-order valence-electron chi connectivity index (χ3n) is 5.88. The van der Waals surface area contributed by atoms with Crippen molar-refractivity contribution in [2.75, 3.05) is 11.9 Å². The van der Waals surface area contributed by atoms with Gasteiger partial charge >= 0.3 is 12.1 Å². The molecule has 0 saturated heterocycles. The van der Waals surface area contributed by atoms with Crippen LogP contribution in [0.5, 0.6) is 0 Å². The van der Waals surface area contributed by atoms with Crippen molar-refractivity contribution in [2.45, 2.75) is 31.7 Å². The highest BCUT2D eigenvalue weighted by Gasteiger charge is 2.34. The van der Waals surface area contributed by atoms with Crippen LogP contribution in [0.1, 0.15) is 47.8 Å². The summed E-state index contributed by atoms with van der Waals surface area (Å²) in [6, 6.07) is 17.2. The van der Waals surface area contributed by atoms with E-state index in [2.05, 4.69) is 15.8 Å². The molecule has 0 aliphatic heterocycles. The third-order valence-corrected chi connectivity index (χ3v) is 5.88. The first-order chi connectivity index (χ1) is 15.8. The Morgan fingerprint density at radius 1 is 1.09 bits per heavy atom. The summed E-state index contributed by atoms with van der Waals surface area (Å²) in [5, 5.41) is 17.7. The minimum atomic E-state index is -1.45. The second-order valence-electron chi connectivity index (χ2n) is 7.97. The van der Waals surface area contributed by atoms with E-state index in [1.165, 1.54) is 13.0 Å². The van der Waals surface area contributed by atoms with E-state index in [-0.39, 0.29) is 30.5 Å². The first-order valence-electron chi connectivity index (χ1n) is 10.5. The molecule has 3 N–H and O–H groups in total. The minimum absolute atomic E-state index is 0.0918. The van der Waals surface area contributed by atoms with Crippen LogP contribution in [0, 0.1) is 0 Å². The van der Waals surface area contributed by atoms with E-state index >= 15 is 0 Å². The molecule has 1 heterocycles. The summed E-state index contributed by atoms with van der Waals surface area (Å²) in [4.78, 5) is 36.0. The summed E-state index contributed by atoms with van der Waals surface area (Å²) in [5.41, 5.74) is 2.80. The number of rotatable bonds is 7. The smallest absolute Gasteiger partial charge is 0.414 e. The molecule has 0 spiro atoms. The fraction of sp³-hybridized carbons (Fsp3) is 0.250. The molecule has 2 amide bonds. The lowest BCUT2D eigenvalue weighted by atomic mass is 9.98. The van der Waals surface area contributed by atoms with Crippen LogP contribution in [0.2, 0.25) is 0 Å². The van der Waals surface area contributed by atoms with E-state index in [1.54, 1.807) is 6.92 Å². The molecule has 1 aromatic heterocycles. The van der Waals surface area contributed by atoms with Gasteiger partial charge in [0.05, 0.1) is 0 Å². The predicted molar refractivity (Wildman–Crippen MR) is 119 cm³/mol. The molecule has 170 valence electrons. The average Bonchev–Trinajstić information content (AvgIpc) is 3.40. The van der Waals surface area contributed by atoms with Crippen LogP contribution in [-0.4, -0.2) is 40.4 Å². The van der Waals surface area contributed by atoms with Gasteiger partial charge < -0.3 is 19.7 Å². The summed E-state index contributed by atoms with van der Waals surface area (Å²) < 4.78 is 10.4. The number of aliphatic carboxylic acids is 1. The van der Waals surface area contributed by atoms with Crippen LogP contribution in [-0.2, 0) is 9.53 Å². The van der Waals surface area contributed by atoms with E-state index in [0.717, 1.165) is 22.3 Å². The third kappa shape index (κ3) is 4.30. The van der Waals surface area contributed by atoms with Crippen LogP contribution >= 0.6 is 0 Å². The number of anilines is 1. The van der Waals surface area contributed by atoms with Gasteiger partial charge in [0, 0.05) is 12.0 Å². The van der Waals surface area contributed by atoms with Crippen LogP contribution in [0.3, 0.4) is 0 Å². The molecule has 0 radical (unpaired) electrons. The Morgan fingerprint density at radius 2 is 1.70 bits per heavy atom. The predicted octanol–water partition coefficient (Wildman–Crippen LogP) is 4.02. The molecule has 0 bridgehead atoms. The van der Waals surface area contributed by atoms with Crippen molar-refractivity contribution in [1.29, 1.82) is 0 Å². The van der Waals surface area contributed by atoms with Crippen molar-refractivity contribution in [2.24, 2.45) is 0 Å². The number of benzene rings is 2. The molecule has 1 aliphatic rings. The molecule has 3 aromatic rings. The van der Waals surface area contributed by atoms with E-state index in [0.29, 0.717) is 0 Å². The lowest BCUT2D eigenvalue weighted by Gasteiger charge is -2.23. The van der Waals surface area contributed by atoms with Gasteiger partial charge in [0.25, 0.3) is 5.91 Å². The Morgan fingerprint density at radius 3 is 2.27 bits per heavy atom. The standard InChI is InChI=1S/C24H23N3O6/c1-3-24(2,22(29)30)26-21(28)19-12-20(33-27-19)25-23(31)32-13-18-16-10-6-4-8-14(16)15-9-5-7-11-17(15)18/h4-12,18H,3,13H2,1-2H3,(H,25,31)(H,26,28)(H,29,30). The largest absolute Gasteiger partial charge is 0.480 e. The summed E-state index contributed by atoms with van der Waals surface area (Å²) in [6.45, 7) is 3.15. The number of fused-ring (bicyclic) bond motifs is 3. The molecular formula is C24H23N3O6. The van der Waals surface area contributed by atoms with Crippen molar-refractivity contribution in [1.82, 2.24) is 10.5 Å². The van der Waals surface area contributed by atoms with Gasteiger partial charge in [0.1, 0.15) is 12.1 Å². The van der Waals surface area contributed by atoms with Gasteiger partial charge in [0.2, 0.25) is 5.88 Å².